The van der Waals surface area contributed by atoms with Gasteiger partial charge in [0.15, 0.2) is 5.78 Å². The second kappa shape index (κ2) is 9.20. The van der Waals surface area contributed by atoms with Crippen molar-refractivity contribution in [1.29, 1.82) is 0 Å². The average Bonchev–Trinajstić information content (AvgIpc) is 3.20. The first-order valence-corrected chi connectivity index (χ1v) is 12.9. The van der Waals surface area contributed by atoms with E-state index in [4.69, 9.17) is 4.74 Å². The molecule has 4 nitrogen and oxygen atoms in total. The Morgan fingerprint density at radius 1 is 0.917 bits per heavy atom. The third-order valence-corrected chi connectivity index (χ3v) is 8.28. The topological polar surface area (TPSA) is 46.6 Å². The van der Waals surface area contributed by atoms with Crippen LogP contribution in [0.4, 0.5) is 9.18 Å². The minimum absolute atomic E-state index is 0.0184. The molecule has 1 amide bonds. The summed E-state index contributed by atoms with van der Waals surface area (Å²) in [5.74, 6) is -0.847. The molecule has 2 fully saturated rings. The van der Waals surface area contributed by atoms with Crippen molar-refractivity contribution in [2.45, 2.75) is 57.0 Å². The number of piperidine rings is 2. The van der Waals surface area contributed by atoms with Crippen molar-refractivity contribution in [3.05, 3.63) is 94.8 Å². The second-order valence-corrected chi connectivity index (χ2v) is 10.5. The molecular formula is C31H30FNO3. The van der Waals surface area contributed by atoms with Gasteiger partial charge in [0.1, 0.15) is 12.4 Å². The van der Waals surface area contributed by atoms with Crippen molar-refractivity contribution >= 4 is 11.9 Å². The zero-order chi connectivity index (χ0) is 24.8. The zero-order valence-electron chi connectivity index (χ0n) is 20.5. The number of fused-ring (bicyclic) bond motifs is 5. The number of benzene rings is 3. The van der Waals surface area contributed by atoms with Gasteiger partial charge < -0.3 is 9.64 Å². The Bertz CT molecular complexity index is 1280. The highest BCUT2D eigenvalue weighted by Crippen LogP contribution is 2.45. The van der Waals surface area contributed by atoms with Crippen LogP contribution in [0.25, 0.3) is 11.1 Å². The molecule has 5 heteroatoms. The van der Waals surface area contributed by atoms with Crippen LogP contribution in [0.2, 0.25) is 0 Å². The van der Waals surface area contributed by atoms with Crippen LogP contribution in [0.3, 0.4) is 0 Å². The molecule has 3 aromatic rings. The number of hydrogen-bond acceptors (Lipinski definition) is 3. The van der Waals surface area contributed by atoms with Gasteiger partial charge in [-0.25, -0.2) is 9.18 Å². The van der Waals surface area contributed by atoms with Gasteiger partial charge in [0, 0.05) is 23.9 Å². The Morgan fingerprint density at radius 2 is 1.53 bits per heavy atom. The van der Waals surface area contributed by atoms with E-state index in [1.807, 2.05) is 36.1 Å². The summed E-state index contributed by atoms with van der Waals surface area (Å²) in [6.45, 7) is 2.11. The highest BCUT2D eigenvalue weighted by atomic mass is 19.1. The number of nitrogens with zero attached hydrogens (tertiary/aromatic N) is 1. The Balaban J connectivity index is 1.17. The monoisotopic (exact) mass is 483 g/mol. The standard InChI is InChI=1S/C31H30FNO3/c1-19-13-14-27(29(32)15-19)30(34)20-16-21-7-6-8-22(17-20)33(21)31(35)36-18-28-25-11-4-2-9-23(25)24-10-3-5-12-26(24)28/h2-5,9-15,20-22,28H,6-8,16-18H2,1H3. The maximum atomic E-state index is 14.5. The number of halogens is 1. The van der Waals surface area contributed by atoms with Crippen LogP contribution in [0.15, 0.2) is 66.7 Å². The predicted molar refractivity (Wildman–Crippen MR) is 137 cm³/mol. The maximum absolute atomic E-state index is 14.5. The summed E-state index contributed by atoms with van der Waals surface area (Å²) < 4.78 is 20.5. The van der Waals surface area contributed by atoms with Crippen molar-refractivity contribution in [1.82, 2.24) is 4.90 Å². The third kappa shape index (κ3) is 3.91. The lowest BCUT2D eigenvalue weighted by Crippen LogP contribution is -2.56. The first kappa shape index (κ1) is 23.0. The quantitative estimate of drug-likeness (QED) is 0.379. The molecule has 0 spiro atoms. The van der Waals surface area contributed by atoms with Crippen molar-refractivity contribution in [2.75, 3.05) is 6.61 Å². The minimum Gasteiger partial charge on any atom is -0.448 e. The number of ketones is 1. The van der Waals surface area contributed by atoms with E-state index in [9.17, 15) is 14.0 Å². The Hall–Kier alpha value is -3.47. The first-order valence-electron chi connectivity index (χ1n) is 12.9. The number of Topliss-reactive ketones (excluding diaryl/α,β-unsaturated/α-hetero) is 1. The number of hydrogen-bond donors (Lipinski definition) is 0. The summed E-state index contributed by atoms with van der Waals surface area (Å²) in [5.41, 5.74) is 5.75. The zero-order valence-corrected chi connectivity index (χ0v) is 20.5. The van der Waals surface area contributed by atoms with E-state index in [0.717, 1.165) is 24.8 Å². The van der Waals surface area contributed by atoms with E-state index >= 15 is 0 Å². The summed E-state index contributed by atoms with van der Waals surface area (Å²) in [6, 6.07) is 21.3. The average molecular weight is 484 g/mol. The maximum Gasteiger partial charge on any atom is 0.410 e. The largest absolute Gasteiger partial charge is 0.448 e. The molecular weight excluding hydrogens is 453 g/mol. The SMILES string of the molecule is Cc1ccc(C(=O)C2CC3CCCC(C2)N3C(=O)OCC2c3ccccc3-c3ccccc32)c(F)c1. The Morgan fingerprint density at radius 3 is 2.14 bits per heavy atom. The lowest BCUT2D eigenvalue weighted by atomic mass is 9.75. The summed E-state index contributed by atoms with van der Waals surface area (Å²) in [7, 11) is 0. The van der Waals surface area contributed by atoms with E-state index in [0.29, 0.717) is 19.4 Å². The summed E-state index contributed by atoms with van der Waals surface area (Å²) >= 11 is 0. The number of rotatable bonds is 4. The first-order chi connectivity index (χ1) is 17.5. The molecule has 2 atom stereocenters. The van der Waals surface area contributed by atoms with Crippen molar-refractivity contribution in [3.63, 3.8) is 0 Å². The van der Waals surface area contributed by atoms with Gasteiger partial charge in [0.2, 0.25) is 0 Å². The van der Waals surface area contributed by atoms with Crippen LogP contribution >= 0.6 is 0 Å². The van der Waals surface area contributed by atoms with Crippen molar-refractivity contribution in [3.8, 4) is 11.1 Å². The van der Waals surface area contributed by atoms with Crippen LogP contribution in [-0.2, 0) is 4.74 Å². The number of ether oxygens (including phenoxy) is 1. The Labute approximate surface area is 211 Å². The van der Waals surface area contributed by atoms with Crippen molar-refractivity contribution in [2.24, 2.45) is 5.92 Å². The van der Waals surface area contributed by atoms with Gasteiger partial charge in [0.25, 0.3) is 0 Å². The fourth-order valence-corrected chi connectivity index (χ4v) is 6.60. The normalized spacial score (nSPS) is 22.6. The molecule has 3 aromatic carbocycles. The van der Waals surface area contributed by atoms with E-state index in [-0.39, 0.29) is 41.4 Å². The van der Waals surface area contributed by atoms with Gasteiger partial charge in [-0.15, -0.1) is 0 Å². The van der Waals surface area contributed by atoms with Gasteiger partial charge >= 0.3 is 6.09 Å². The molecule has 3 aliphatic rings. The van der Waals surface area contributed by atoms with Gasteiger partial charge in [-0.05, 0) is 79.0 Å². The molecule has 0 aromatic heterocycles. The fourth-order valence-electron chi connectivity index (χ4n) is 6.60. The van der Waals surface area contributed by atoms with Gasteiger partial charge in [-0.3, -0.25) is 4.79 Å². The molecule has 2 unspecified atom stereocenters. The second-order valence-electron chi connectivity index (χ2n) is 10.5. The summed E-state index contributed by atoms with van der Waals surface area (Å²) in [5, 5.41) is 0. The number of carbonyl (C=O) groups excluding carboxylic acids is 2. The molecule has 2 aliphatic heterocycles. The summed E-state index contributed by atoms with van der Waals surface area (Å²) in [4.78, 5) is 28.5. The van der Waals surface area contributed by atoms with Crippen LogP contribution in [0.5, 0.6) is 0 Å². The third-order valence-electron chi connectivity index (χ3n) is 8.28. The molecule has 2 saturated heterocycles. The Kier molecular flexibility index (Phi) is 5.87. The lowest BCUT2D eigenvalue weighted by Gasteiger charge is -2.47. The van der Waals surface area contributed by atoms with E-state index in [1.54, 1.807) is 12.1 Å². The van der Waals surface area contributed by atoms with Crippen molar-refractivity contribution < 1.29 is 18.7 Å². The van der Waals surface area contributed by atoms with E-state index in [2.05, 4.69) is 24.3 Å². The smallest absolute Gasteiger partial charge is 0.410 e. The van der Waals surface area contributed by atoms with Crippen LogP contribution in [0, 0.1) is 18.7 Å². The highest BCUT2D eigenvalue weighted by Gasteiger charge is 2.44. The number of aryl methyl sites for hydroxylation is 1. The highest BCUT2D eigenvalue weighted by molar-refractivity contribution is 5.98. The summed E-state index contributed by atoms with van der Waals surface area (Å²) in [6.07, 6.45) is 3.56. The van der Waals surface area contributed by atoms with Gasteiger partial charge in [-0.2, -0.15) is 0 Å². The van der Waals surface area contributed by atoms with Crippen LogP contribution in [0.1, 0.15) is 65.1 Å². The molecule has 2 heterocycles. The molecule has 1 aliphatic carbocycles. The number of amides is 1. The fraction of sp³-hybridized carbons (Fsp3) is 0.355. The lowest BCUT2D eigenvalue weighted by molar-refractivity contribution is 0.00642. The molecule has 2 bridgehead atoms. The molecule has 0 N–H and O–H groups in total. The molecule has 36 heavy (non-hydrogen) atoms. The van der Waals surface area contributed by atoms with Gasteiger partial charge in [-0.1, -0.05) is 54.6 Å². The molecule has 6 rings (SSSR count). The molecule has 184 valence electrons. The van der Waals surface area contributed by atoms with E-state index in [1.165, 1.54) is 28.3 Å². The minimum atomic E-state index is -0.455. The molecule has 0 radical (unpaired) electrons. The van der Waals surface area contributed by atoms with Crippen LogP contribution in [-0.4, -0.2) is 35.5 Å². The van der Waals surface area contributed by atoms with Crippen LogP contribution < -0.4 is 0 Å². The predicted octanol–water partition coefficient (Wildman–Crippen LogP) is 6.90. The molecule has 0 saturated carbocycles. The number of carbonyl (C=O) groups is 2. The van der Waals surface area contributed by atoms with E-state index < -0.39 is 5.82 Å². The van der Waals surface area contributed by atoms with Gasteiger partial charge in [0.05, 0.1) is 5.56 Å².